The van der Waals surface area contributed by atoms with Crippen LogP contribution in [0.5, 0.6) is 0 Å². The fourth-order valence-electron chi connectivity index (χ4n) is 8.87. The summed E-state index contributed by atoms with van der Waals surface area (Å²) in [6.07, 6.45) is 0. The van der Waals surface area contributed by atoms with Crippen molar-refractivity contribution in [2.75, 3.05) is 4.90 Å². The summed E-state index contributed by atoms with van der Waals surface area (Å²) in [5.41, 5.74) is 13.4. The standard InChI is InChI=1S/C54H33NO2S/c1-4-15-34(16-5-1)37-31-42(36-19-8-3-9-20-36)51-43-33-38(27-30-47(43)56-48(51)32-37)55(44-23-14-26-50-52(44)41-22-11-13-25-49(41)58-50)45-29-28-39(35-17-6-2-7-18-35)54-53(45)40-21-10-12-24-46(40)57-54/h1-33H. The molecule has 0 bridgehead atoms. The molecule has 0 radical (unpaired) electrons. The van der Waals surface area contributed by atoms with Gasteiger partial charge in [-0.15, -0.1) is 11.3 Å². The van der Waals surface area contributed by atoms with Crippen LogP contribution >= 0.6 is 11.3 Å². The number of benzene rings is 9. The maximum Gasteiger partial charge on any atom is 0.145 e. The number of hydrogen-bond acceptors (Lipinski definition) is 4. The summed E-state index contributed by atoms with van der Waals surface area (Å²) in [6.45, 7) is 0. The van der Waals surface area contributed by atoms with Gasteiger partial charge in [-0.05, 0) is 94.5 Å². The molecule has 0 saturated heterocycles. The first-order chi connectivity index (χ1) is 28.8. The fraction of sp³-hybridized carbons (Fsp3) is 0. The van der Waals surface area contributed by atoms with Crippen molar-refractivity contribution in [1.29, 1.82) is 0 Å². The molecule has 0 fully saturated rings. The monoisotopic (exact) mass is 759 g/mol. The maximum absolute atomic E-state index is 6.83. The van der Waals surface area contributed by atoms with E-state index in [-0.39, 0.29) is 0 Å². The molecule has 9 aromatic carbocycles. The second kappa shape index (κ2) is 13.1. The van der Waals surface area contributed by atoms with Crippen LogP contribution < -0.4 is 4.90 Å². The van der Waals surface area contributed by atoms with Crippen molar-refractivity contribution in [3.8, 4) is 33.4 Å². The van der Waals surface area contributed by atoms with Crippen LogP contribution in [0.2, 0.25) is 0 Å². The van der Waals surface area contributed by atoms with Gasteiger partial charge in [0.1, 0.15) is 22.3 Å². The Kier molecular flexibility index (Phi) is 7.40. The molecule has 12 rings (SSSR count). The largest absolute Gasteiger partial charge is 0.456 e. The van der Waals surface area contributed by atoms with Gasteiger partial charge in [0.2, 0.25) is 0 Å². The van der Waals surface area contributed by atoms with Crippen LogP contribution in [0, 0.1) is 0 Å². The van der Waals surface area contributed by atoms with Crippen LogP contribution in [0.25, 0.3) is 97.4 Å². The molecule has 0 atom stereocenters. The summed E-state index contributed by atoms with van der Waals surface area (Å²) in [4.78, 5) is 2.44. The molecule has 0 unspecified atom stereocenters. The van der Waals surface area contributed by atoms with Gasteiger partial charge in [0.15, 0.2) is 0 Å². The fourth-order valence-corrected chi connectivity index (χ4v) is 10.00. The van der Waals surface area contributed by atoms with Gasteiger partial charge in [-0.1, -0.05) is 133 Å². The van der Waals surface area contributed by atoms with Gasteiger partial charge in [0, 0.05) is 47.6 Å². The van der Waals surface area contributed by atoms with E-state index in [2.05, 4.69) is 199 Å². The summed E-state index contributed by atoms with van der Waals surface area (Å²) in [6, 6.07) is 71.3. The summed E-state index contributed by atoms with van der Waals surface area (Å²) in [5.74, 6) is 0. The van der Waals surface area contributed by atoms with E-state index in [1.165, 1.54) is 20.2 Å². The van der Waals surface area contributed by atoms with E-state index in [9.17, 15) is 0 Å². The Balaban J connectivity index is 1.18. The number of hydrogen-bond donors (Lipinski definition) is 0. The average molecular weight is 760 g/mol. The number of nitrogens with zero attached hydrogens (tertiary/aromatic N) is 1. The van der Waals surface area contributed by atoms with Crippen LogP contribution in [0.1, 0.15) is 0 Å². The highest BCUT2D eigenvalue weighted by Crippen LogP contribution is 2.51. The van der Waals surface area contributed by atoms with E-state index in [0.717, 1.165) is 94.3 Å². The number of anilines is 3. The number of para-hydroxylation sites is 1. The van der Waals surface area contributed by atoms with Gasteiger partial charge in [0.25, 0.3) is 0 Å². The average Bonchev–Trinajstić information content (AvgIpc) is 3.99. The third kappa shape index (κ3) is 5.12. The molecule has 0 aliphatic carbocycles. The maximum atomic E-state index is 6.83. The second-order valence-corrected chi connectivity index (χ2v) is 15.9. The highest BCUT2D eigenvalue weighted by atomic mass is 32.1. The predicted molar refractivity (Wildman–Crippen MR) is 245 cm³/mol. The number of fused-ring (bicyclic) bond motifs is 9. The van der Waals surface area contributed by atoms with Crippen LogP contribution in [0.15, 0.2) is 209 Å². The van der Waals surface area contributed by atoms with Crippen LogP contribution in [0.3, 0.4) is 0 Å². The molecule has 3 aromatic heterocycles. The van der Waals surface area contributed by atoms with Gasteiger partial charge < -0.3 is 13.7 Å². The normalized spacial score (nSPS) is 11.8. The lowest BCUT2D eigenvalue weighted by atomic mass is 9.94. The smallest absolute Gasteiger partial charge is 0.145 e. The van der Waals surface area contributed by atoms with Crippen molar-refractivity contribution in [2.45, 2.75) is 0 Å². The zero-order valence-corrected chi connectivity index (χ0v) is 32.0. The minimum Gasteiger partial charge on any atom is -0.456 e. The van der Waals surface area contributed by atoms with Crippen molar-refractivity contribution in [3.63, 3.8) is 0 Å². The molecule has 0 aliphatic heterocycles. The molecular formula is C54H33NO2S. The van der Waals surface area contributed by atoms with Gasteiger partial charge >= 0.3 is 0 Å². The first kappa shape index (κ1) is 32.8. The molecular weight excluding hydrogens is 727 g/mol. The first-order valence-electron chi connectivity index (χ1n) is 19.6. The minimum atomic E-state index is 0.846. The van der Waals surface area contributed by atoms with Crippen molar-refractivity contribution < 1.29 is 8.83 Å². The van der Waals surface area contributed by atoms with E-state index < -0.39 is 0 Å². The Morgan fingerprint density at radius 3 is 1.78 bits per heavy atom. The zero-order valence-electron chi connectivity index (χ0n) is 31.2. The highest BCUT2D eigenvalue weighted by Gasteiger charge is 2.26. The van der Waals surface area contributed by atoms with E-state index in [4.69, 9.17) is 8.83 Å². The van der Waals surface area contributed by atoms with E-state index in [1.54, 1.807) is 0 Å². The molecule has 0 aliphatic rings. The van der Waals surface area contributed by atoms with Gasteiger partial charge in [-0.2, -0.15) is 0 Å². The Morgan fingerprint density at radius 2 is 0.983 bits per heavy atom. The number of rotatable bonds is 6. The Hall–Kier alpha value is -7.40. The molecule has 0 N–H and O–H groups in total. The number of thiophene rings is 1. The van der Waals surface area contributed by atoms with Crippen molar-refractivity contribution >= 4 is 92.4 Å². The predicted octanol–water partition coefficient (Wildman–Crippen LogP) is 16.3. The Morgan fingerprint density at radius 1 is 0.345 bits per heavy atom. The summed E-state index contributed by atoms with van der Waals surface area (Å²) < 4.78 is 16.1. The third-order valence-electron chi connectivity index (χ3n) is 11.5. The molecule has 272 valence electrons. The van der Waals surface area contributed by atoms with Gasteiger partial charge in [-0.3, -0.25) is 0 Å². The van der Waals surface area contributed by atoms with Crippen molar-refractivity contribution in [2.24, 2.45) is 0 Å². The lowest BCUT2D eigenvalue weighted by Crippen LogP contribution is -2.11. The van der Waals surface area contributed by atoms with Crippen LogP contribution in [-0.4, -0.2) is 0 Å². The minimum absolute atomic E-state index is 0.846. The van der Waals surface area contributed by atoms with Crippen LogP contribution in [-0.2, 0) is 0 Å². The third-order valence-corrected chi connectivity index (χ3v) is 12.6. The zero-order chi connectivity index (χ0) is 38.2. The topological polar surface area (TPSA) is 29.5 Å². The molecule has 3 nitrogen and oxygen atoms in total. The SMILES string of the molecule is c1ccc(-c2cc(-c3ccccc3)c3c(c2)oc2ccc(N(c4cccc5sc6ccccc6c45)c4ccc(-c5ccccc5)c5oc6ccccc6c45)cc23)cc1. The van der Waals surface area contributed by atoms with E-state index in [0.29, 0.717) is 0 Å². The summed E-state index contributed by atoms with van der Waals surface area (Å²) in [5, 5.41) is 6.78. The quantitative estimate of drug-likeness (QED) is 0.169. The number of furan rings is 2. The molecule has 3 heterocycles. The lowest BCUT2D eigenvalue weighted by Gasteiger charge is -2.27. The van der Waals surface area contributed by atoms with Crippen molar-refractivity contribution in [1.82, 2.24) is 0 Å². The van der Waals surface area contributed by atoms with Gasteiger partial charge in [-0.25, -0.2) is 0 Å². The van der Waals surface area contributed by atoms with Crippen molar-refractivity contribution in [3.05, 3.63) is 200 Å². The second-order valence-electron chi connectivity index (χ2n) is 14.8. The van der Waals surface area contributed by atoms with E-state index in [1.807, 2.05) is 17.4 Å². The van der Waals surface area contributed by atoms with E-state index >= 15 is 0 Å². The molecule has 0 amide bonds. The summed E-state index contributed by atoms with van der Waals surface area (Å²) >= 11 is 1.84. The highest BCUT2D eigenvalue weighted by molar-refractivity contribution is 7.26. The molecule has 0 saturated carbocycles. The molecule has 12 aromatic rings. The van der Waals surface area contributed by atoms with Gasteiger partial charge in [0.05, 0.1) is 16.8 Å². The molecule has 58 heavy (non-hydrogen) atoms. The lowest BCUT2D eigenvalue weighted by molar-refractivity contribution is 0.669. The molecule has 4 heteroatoms. The first-order valence-corrected chi connectivity index (χ1v) is 20.4. The Labute approximate surface area is 338 Å². The summed E-state index contributed by atoms with van der Waals surface area (Å²) in [7, 11) is 0. The molecule has 0 spiro atoms. The Bertz CT molecular complexity index is 3510. The van der Waals surface area contributed by atoms with Crippen LogP contribution in [0.4, 0.5) is 17.1 Å².